The highest BCUT2D eigenvalue weighted by Gasteiger charge is 2.12. The van der Waals surface area contributed by atoms with Crippen molar-refractivity contribution in [1.82, 2.24) is 10.3 Å². The third-order valence-corrected chi connectivity index (χ3v) is 2.44. The Labute approximate surface area is 90.0 Å². The van der Waals surface area contributed by atoms with Gasteiger partial charge in [0.05, 0.1) is 13.2 Å². The minimum atomic E-state index is 0.390. The van der Waals surface area contributed by atoms with Gasteiger partial charge in [0, 0.05) is 25.3 Å². The molecule has 2 N–H and O–H groups in total. The second-order valence-corrected chi connectivity index (χ2v) is 3.83. The van der Waals surface area contributed by atoms with Crippen LogP contribution < -0.4 is 10.6 Å². The molecular weight excluding hydrogens is 190 g/mol. The molecule has 0 spiro atoms. The van der Waals surface area contributed by atoms with Crippen molar-refractivity contribution in [1.29, 1.82) is 0 Å². The summed E-state index contributed by atoms with van der Waals surface area (Å²) >= 11 is 0. The summed E-state index contributed by atoms with van der Waals surface area (Å²) in [6.07, 6.45) is 1.82. The average Bonchev–Trinajstić information content (AvgIpc) is 2.28. The predicted octanol–water partition coefficient (Wildman–Crippen LogP) is 0.790. The first-order valence-electron chi connectivity index (χ1n) is 5.32. The highest BCUT2D eigenvalue weighted by Crippen LogP contribution is 2.05. The summed E-state index contributed by atoms with van der Waals surface area (Å²) in [5.41, 5.74) is 1.22. The molecule has 82 valence electrons. The SMILES string of the molecule is Cc1ccnc(NCC2COCCN2)c1. The van der Waals surface area contributed by atoms with Crippen LogP contribution in [0.25, 0.3) is 0 Å². The zero-order chi connectivity index (χ0) is 10.5. The number of nitrogens with one attached hydrogen (secondary N) is 2. The Morgan fingerprint density at radius 3 is 3.33 bits per heavy atom. The Kier molecular flexibility index (Phi) is 3.53. The summed E-state index contributed by atoms with van der Waals surface area (Å²) in [5, 5.41) is 6.69. The third kappa shape index (κ3) is 3.18. The van der Waals surface area contributed by atoms with Crippen LogP contribution in [0.4, 0.5) is 5.82 Å². The Morgan fingerprint density at radius 2 is 2.60 bits per heavy atom. The Morgan fingerprint density at radius 1 is 1.67 bits per heavy atom. The fraction of sp³-hybridized carbons (Fsp3) is 0.545. The van der Waals surface area contributed by atoms with Gasteiger partial charge in [-0.05, 0) is 24.6 Å². The van der Waals surface area contributed by atoms with Crippen LogP contribution in [0.3, 0.4) is 0 Å². The molecule has 4 nitrogen and oxygen atoms in total. The zero-order valence-corrected chi connectivity index (χ0v) is 8.99. The molecule has 4 heteroatoms. The Bertz CT molecular complexity index is 310. The van der Waals surface area contributed by atoms with E-state index in [-0.39, 0.29) is 0 Å². The molecule has 1 fully saturated rings. The first-order chi connectivity index (χ1) is 7.34. The van der Waals surface area contributed by atoms with Gasteiger partial charge < -0.3 is 15.4 Å². The van der Waals surface area contributed by atoms with Crippen molar-refractivity contribution in [3.8, 4) is 0 Å². The van der Waals surface area contributed by atoms with Gasteiger partial charge in [0.25, 0.3) is 0 Å². The topological polar surface area (TPSA) is 46.2 Å². The zero-order valence-electron chi connectivity index (χ0n) is 8.99. The maximum atomic E-state index is 5.37. The fourth-order valence-electron chi connectivity index (χ4n) is 1.61. The van der Waals surface area contributed by atoms with Gasteiger partial charge >= 0.3 is 0 Å². The van der Waals surface area contributed by atoms with Gasteiger partial charge in [0.1, 0.15) is 5.82 Å². The van der Waals surface area contributed by atoms with E-state index < -0.39 is 0 Å². The molecule has 0 aromatic carbocycles. The van der Waals surface area contributed by atoms with E-state index in [4.69, 9.17) is 4.74 Å². The number of aromatic nitrogens is 1. The molecule has 0 radical (unpaired) electrons. The quantitative estimate of drug-likeness (QED) is 0.769. The first kappa shape index (κ1) is 10.4. The van der Waals surface area contributed by atoms with Crippen LogP contribution in [0.2, 0.25) is 0 Å². The number of anilines is 1. The van der Waals surface area contributed by atoms with Crippen LogP contribution in [0.5, 0.6) is 0 Å². The van der Waals surface area contributed by atoms with Gasteiger partial charge in [-0.1, -0.05) is 0 Å². The summed E-state index contributed by atoms with van der Waals surface area (Å²) in [7, 11) is 0. The number of aryl methyl sites for hydroxylation is 1. The van der Waals surface area contributed by atoms with Crippen LogP contribution in [0, 0.1) is 6.92 Å². The summed E-state index contributed by atoms with van der Waals surface area (Å²) in [6, 6.07) is 4.43. The van der Waals surface area contributed by atoms with E-state index in [0.29, 0.717) is 6.04 Å². The lowest BCUT2D eigenvalue weighted by Crippen LogP contribution is -2.45. The van der Waals surface area contributed by atoms with Crippen LogP contribution in [-0.2, 0) is 4.74 Å². The number of hydrogen-bond acceptors (Lipinski definition) is 4. The minimum absolute atomic E-state index is 0.390. The molecule has 2 heterocycles. The van der Waals surface area contributed by atoms with Crippen molar-refractivity contribution >= 4 is 5.82 Å². The molecule has 1 aromatic heterocycles. The summed E-state index contributed by atoms with van der Waals surface area (Å²) in [6.45, 7) is 5.46. The van der Waals surface area contributed by atoms with Crippen molar-refractivity contribution < 1.29 is 4.74 Å². The summed E-state index contributed by atoms with van der Waals surface area (Å²) in [4.78, 5) is 4.24. The number of pyridine rings is 1. The van der Waals surface area contributed by atoms with E-state index in [1.165, 1.54) is 5.56 Å². The van der Waals surface area contributed by atoms with Gasteiger partial charge in [0.2, 0.25) is 0 Å². The molecule has 2 rings (SSSR count). The molecule has 1 aromatic rings. The van der Waals surface area contributed by atoms with Crippen LogP contribution in [0.15, 0.2) is 18.3 Å². The maximum absolute atomic E-state index is 5.37. The van der Waals surface area contributed by atoms with Gasteiger partial charge in [-0.15, -0.1) is 0 Å². The largest absolute Gasteiger partial charge is 0.378 e. The molecular formula is C11H17N3O. The lowest BCUT2D eigenvalue weighted by molar-refractivity contribution is 0.0806. The molecule has 1 atom stereocenters. The van der Waals surface area contributed by atoms with Crippen LogP contribution in [-0.4, -0.2) is 37.3 Å². The van der Waals surface area contributed by atoms with Gasteiger partial charge in [-0.2, -0.15) is 0 Å². The molecule has 0 bridgehead atoms. The smallest absolute Gasteiger partial charge is 0.126 e. The second-order valence-electron chi connectivity index (χ2n) is 3.83. The third-order valence-electron chi connectivity index (χ3n) is 2.44. The minimum Gasteiger partial charge on any atom is -0.378 e. The number of morpholine rings is 1. The standard InChI is InChI=1S/C11H17N3O/c1-9-2-3-13-11(6-9)14-7-10-8-15-5-4-12-10/h2-3,6,10,12H,4-5,7-8H2,1H3,(H,13,14). The average molecular weight is 207 g/mol. The van der Waals surface area contributed by atoms with E-state index in [1.807, 2.05) is 18.3 Å². The lowest BCUT2D eigenvalue weighted by atomic mass is 10.2. The molecule has 15 heavy (non-hydrogen) atoms. The van der Waals surface area contributed by atoms with Crippen LogP contribution >= 0.6 is 0 Å². The van der Waals surface area contributed by atoms with Crippen molar-refractivity contribution in [2.45, 2.75) is 13.0 Å². The van der Waals surface area contributed by atoms with E-state index in [1.54, 1.807) is 0 Å². The number of rotatable bonds is 3. The van der Waals surface area contributed by atoms with E-state index >= 15 is 0 Å². The van der Waals surface area contributed by atoms with Crippen molar-refractivity contribution in [2.75, 3.05) is 31.6 Å². The molecule has 1 unspecified atom stereocenters. The number of ether oxygens (including phenoxy) is 1. The van der Waals surface area contributed by atoms with Crippen molar-refractivity contribution in [3.63, 3.8) is 0 Å². The van der Waals surface area contributed by atoms with Gasteiger partial charge in [0.15, 0.2) is 0 Å². The van der Waals surface area contributed by atoms with Gasteiger partial charge in [-0.3, -0.25) is 0 Å². The Hall–Kier alpha value is -1.13. The van der Waals surface area contributed by atoms with Crippen molar-refractivity contribution in [2.24, 2.45) is 0 Å². The van der Waals surface area contributed by atoms with E-state index in [9.17, 15) is 0 Å². The van der Waals surface area contributed by atoms with Gasteiger partial charge in [-0.25, -0.2) is 4.98 Å². The summed E-state index contributed by atoms with van der Waals surface area (Å²) < 4.78 is 5.37. The van der Waals surface area contributed by atoms with E-state index in [0.717, 1.165) is 32.1 Å². The molecule has 1 aliphatic heterocycles. The van der Waals surface area contributed by atoms with E-state index in [2.05, 4.69) is 22.5 Å². The maximum Gasteiger partial charge on any atom is 0.126 e. The predicted molar refractivity (Wildman–Crippen MR) is 60.1 cm³/mol. The molecule has 1 aliphatic rings. The Balaban J connectivity index is 1.81. The lowest BCUT2D eigenvalue weighted by Gasteiger charge is -2.24. The molecule has 1 saturated heterocycles. The molecule has 0 amide bonds. The summed E-state index contributed by atoms with van der Waals surface area (Å²) in [5.74, 6) is 0.933. The molecule has 0 saturated carbocycles. The normalized spacial score (nSPS) is 21.3. The number of hydrogen-bond donors (Lipinski definition) is 2. The molecule has 0 aliphatic carbocycles. The highest BCUT2D eigenvalue weighted by atomic mass is 16.5. The fourth-order valence-corrected chi connectivity index (χ4v) is 1.61. The van der Waals surface area contributed by atoms with Crippen LogP contribution in [0.1, 0.15) is 5.56 Å². The number of nitrogens with zero attached hydrogens (tertiary/aromatic N) is 1. The highest BCUT2D eigenvalue weighted by molar-refractivity contribution is 5.37. The second kappa shape index (κ2) is 5.09. The first-order valence-corrected chi connectivity index (χ1v) is 5.32. The van der Waals surface area contributed by atoms with Crippen molar-refractivity contribution in [3.05, 3.63) is 23.9 Å². The monoisotopic (exact) mass is 207 g/mol.